The summed E-state index contributed by atoms with van der Waals surface area (Å²) in [7, 11) is 0. The molecule has 0 bridgehead atoms. The Morgan fingerprint density at radius 3 is 1.56 bits per heavy atom. The molecular weight excluding hydrogens is 184 g/mol. The topological polar surface area (TPSA) is 20.2 Å². The Balaban J connectivity index is 4.14. The molecule has 7 heteroatoms. The van der Waals surface area contributed by atoms with Crippen molar-refractivity contribution in [3.63, 3.8) is 0 Å². The van der Waals surface area contributed by atoms with Crippen LogP contribution in [0.15, 0.2) is 0 Å². The third-order valence-electron chi connectivity index (χ3n) is 0.445. The van der Waals surface area contributed by atoms with Crippen LogP contribution in [0.3, 0.4) is 0 Å². The molecular formula is C2HClF4OS. The van der Waals surface area contributed by atoms with Crippen molar-refractivity contribution in [2.45, 2.75) is 10.6 Å². The number of rotatable bonds is 2. The van der Waals surface area contributed by atoms with E-state index in [0.29, 0.717) is 0 Å². The predicted octanol–water partition coefficient (Wildman–Crippen LogP) is 2.62. The highest BCUT2D eigenvalue weighted by atomic mass is 35.5. The Morgan fingerprint density at radius 2 is 1.56 bits per heavy atom. The molecule has 0 fully saturated rings. The molecule has 0 saturated heterocycles. The van der Waals surface area contributed by atoms with Gasteiger partial charge >= 0.3 is 10.6 Å². The van der Waals surface area contributed by atoms with Gasteiger partial charge in [0.25, 0.3) is 0 Å². The van der Waals surface area contributed by atoms with E-state index in [1.165, 1.54) is 0 Å². The Kier molecular flexibility index (Phi) is 2.60. The molecule has 0 radical (unpaired) electrons. The Labute approximate surface area is 57.2 Å². The van der Waals surface area contributed by atoms with Gasteiger partial charge in [0.2, 0.25) is 0 Å². The summed E-state index contributed by atoms with van der Waals surface area (Å²) in [4.78, 5) is 0. The minimum absolute atomic E-state index is 1.28. The molecule has 0 aliphatic carbocycles. The van der Waals surface area contributed by atoms with E-state index in [0.717, 1.165) is 0 Å². The second-order valence-corrected chi connectivity index (χ2v) is 2.28. The van der Waals surface area contributed by atoms with Gasteiger partial charge in [-0.05, 0) is 11.6 Å². The number of alkyl halides is 5. The zero-order valence-corrected chi connectivity index (χ0v) is 5.32. The fourth-order valence-electron chi connectivity index (χ4n) is 0.0518. The molecule has 0 atom stereocenters. The predicted molar refractivity (Wildman–Crippen MR) is 26.0 cm³/mol. The van der Waals surface area contributed by atoms with Crippen LogP contribution in [0.25, 0.3) is 0 Å². The molecule has 0 rings (SSSR count). The van der Waals surface area contributed by atoms with Crippen LogP contribution in [0.1, 0.15) is 0 Å². The van der Waals surface area contributed by atoms with E-state index in [2.05, 4.69) is 11.6 Å². The second kappa shape index (κ2) is 2.51. The van der Waals surface area contributed by atoms with Gasteiger partial charge in [0.05, 0.1) is 12.0 Å². The lowest BCUT2D eigenvalue weighted by molar-refractivity contribution is -0.0926. The van der Waals surface area contributed by atoms with E-state index >= 15 is 0 Å². The minimum Gasteiger partial charge on any atom is -0.325 e. The van der Waals surface area contributed by atoms with Crippen LogP contribution in [0, 0.1) is 0 Å². The molecule has 56 valence electrons. The van der Waals surface area contributed by atoms with Crippen molar-refractivity contribution >= 4 is 23.6 Å². The van der Waals surface area contributed by atoms with Gasteiger partial charge in [0.15, 0.2) is 0 Å². The van der Waals surface area contributed by atoms with E-state index in [9.17, 15) is 17.6 Å². The van der Waals surface area contributed by atoms with E-state index < -0.39 is 22.7 Å². The first-order chi connectivity index (χ1) is 3.81. The minimum atomic E-state index is -4.70. The smallest absolute Gasteiger partial charge is 0.325 e. The maximum Gasteiger partial charge on any atom is 0.396 e. The van der Waals surface area contributed by atoms with Crippen molar-refractivity contribution in [3.8, 4) is 0 Å². The summed E-state index contributed by atoms with van der Waals surface area (Å²) in [5, 5.41) is -9.32. The lowest BCUT2D eigenvalue weighted by atomic mass is 10.7. The summed E-state index contributed by atoms with van der Waals surface area (Å²) in [5.74, 6) is 0. The van der Waals surface area contributed by atoms with Gasteiger partial charge in [-0.3, -0.25) is 0 Å². The molecule has 1 nitrogen and oxygen atoms in total. The maximum atomic E-state index is 11.5. The van der Waals surface area contributed by atoms with Gasteiger partial charge in [0, 0.05) is 0 Å². The fourth-order valence-corrected chi connectivity index (χ4v) is 0.259. The third kappa shape index (κ3) is 2.19. The number of hydrogen-bond donors (Lipinski definition) is 1. The third-order valence-corrected chi connectivity index (χ3v) is 1.28. The van der Waals surface area contributed by atoms with Gasteiger partial charge < -0.3 is 4.55 Å². The van der Waals surface area contributed by atoms with E-state index in [-0.39, 0.29) is 0 Å². The lowest BCUT2D eigenvalue weighted by Gasteiger charge is -2.15. The first-order valence-electron chi connectivity index (χ1n) is 1.58. The normalized spacial score (nSPS) is 14.0. The van der Waals surface area contributed by atoms with Gasteiger partial charge in [-0.25, -0.2) is 0 Å². The van der Waals surface area contributed by atoms with Gasteiger partial charge in [-0.15, -0.1) is 0 Å². The number of halogens is 5. The molecule has 0 aromatic rings. The fraction of sp³-hybridized carbons (Fsp3) is 1.00. The zero-order chi connectivity index (χ0) is 7.71. The quantitative estimate of drug-likeness (QED) is 0.404. The molecule has 0 aromatic heterocycles. The highest BCUT2D eigenvalue weighted by Crippen LogP contribution is 2.44. The Hall–Kier alpha value is 0.320. The standard InChI is InChI=1S/C2HClF4OS/c3-1(4,5)2(6,7)9-8/h8H. The highest BCUT2D eigenvalue weighted by molar-refractivity contribution is 7.94. The van der Waals surface area contributed by atoms with Gasteiger partial charge in [-0.1, -0.05) is 0 Å². The van der Waals surface area contributed by atoms with Crippen molar-refractivity contribution < 1.29 is 22.1 Å². The van der Waals surface area contributed by atoms with Crippen LogP contribution < -0.4 is 0 Å². The summed E-state index contributed by atoms with van der Waals surface area (Å²) in [6.45, 7) is 0. The van der Waals surface area contributed by atoms with Crippen LogP contribution in [-0.2, 0) is 0 Å². The van der Waals surface area contributed by atoms with E-state index in [1.54, 1.807) is 0 Å². The summed E-state index contributed by atoms with van der Waals surface area (Å²) in [6.07, 6.45) is 0. The SMILES string of the molecule is OSC(F)(F)C(F)(F)Cl. The molecule has 0 aliphatic heterocycles. The lowest BCUT2D eigenvalue weighted by Crippen LogP contribution is -2.31. The second-order valence-electron chi connectivity index (χ2n) is 1.11. The Bertz CT molecular complexity index is 101. The summed E-state index contributed by atoms with van der Waals surface area (Å²) < 4.78 is 53.2. The molecule has 0 amide bonds. The summed E-state index contributed by atoms with van der Waals surface area (Å²) in [5.41, 5.74) is 0. The first kappa shape index (κ1) is 9.32. The largest absolute Gasteiger partial charge is 0.396 e. The Morgan fingerprint density at radius 1 is 1.22 bits per heavy atom. The van der Waals surface area contributed by atoms with Crippen molar-refractivity contribution in [1.82, 2.24) is 0 Å². The van der Waals surface area contributed by atoms with E-state index in [1.807, 2.05) is 0 Å². The molecule has 0 unspecified atom stereocenters. The molecule has 1 N–H and O–H groups in total. The highest BCUT2D eigenvalue weighted by Gasteiger charge is 2.56. The molecule has 0 aliphatic rings. The van der Waals surface area contributed by atoms with Crippen molar-refractivity contribution in [2.24, 2.45) is 0 Å². The molecule has 9 heavy (non-hydrogen) atoms. The van der Waals surface area contributed by atoms with Crippen LogP contribution in [0.2, 0.25) is 0 Å². The molecule has 0 spiro atoms. The van der Waals surface area contributed by atoms with Crippen molar-refractivity contribution in [2.75, 3.05) is 0 Å². The summed E-state index contributed by atoms with van der Waals surface area (Å²) >= 11 is 2.58. The van der Waals surface area contributed by atoms with Crippen LogP contribution in [0.5, 0.6) is 0 Å². The van der Waals surface area contributed by atoms with Crippen LogP contribution >= 0.6 is 23.6 Å². The number of hydrogen-bond acceptors (Lipinski definition) is 2. The summed E-state index contributed by atoms with van der Waals surface area (Å²) in [6, 6.07) is 0. The van der Waals surface area contributed by atoms with Gasteiger partial charge in [0.1, 0.15) is 0 Å². The van der Waals surface area contributed by atoms with E-state index in [4.69, 9.17) is 4.55 Å². The van der Waals surface area contributed by atoms with Crippen molar-refractivity contribution in [1.29, 1.82) is 0 Å². The average Bonchev–Trinajstić information content (AvgIpc) is 1.64. The maximum absolute atomic E-state index is 11.5. The zero-order valence-electron chi connectivity index (χ0n) is 3.75. The molecule has 0 heterocycles. The molecule has 0 saturated carbocycles. The van der Waals surface area contributed by atoms with Crippen molar-refractivity contribution in [3.05, 3.63) is 0 Å². The average molecular weight is 185 g/mol. The molecule has 0 aromatic carbocycles. The van der Waals surface area contributed by atoms with Gasteiger partial charge in [-0.2, -0.15) is 17.6 Å². The first-order valence-corrected chi connectivity index (χ1v) is 2.73. The van der Waals surface area contributed by atoms with Crippen LogP contribution in [-0.4, -0.2) is 15.2 Å². The van der Waals surface area contributed by atoms with Crippen LogP contribution in [0.4, 0.5) is 17.6 Å². The monoisotopic (exact) mass is 184 g/mol.